The number of piperazine rings is 1. The first-order chi connectivity index (χ1) is 13.4. The molecule has 2 heterocycles. The molecule has 0 saturated carbocycles. The van der Waals surface area contributed by atoms with E-state index in [9.17, 15) is 18.0 Å². The van der Waals surface area contributed by atoms with Crippen molar-refractivity contribution in [3.63, 3.8) is 0 Å². The summed E-state index contributed by atoms with van der Waals surface area (Å²) in [5.41, 5.74) is 0.168. The maximum atomic E-state index is 13.4. The van der Waals surface area contributed by atoms with Gasteiger partial charge >= 0.3 is 6.18 Å². The molecule has 0 spiro atoms. The standard InChI is InChI=1S/C19H21F3N4O2/c20-19(21,22)16(26-10-8-23-9-11-26)13-25-18(27)14-6-7-17(24-12-14)28-15-4-2-1-3-5-15/h1-7,12,16,23H,8-11,13H2,(H,25,27). The summed E-state index contributed by atoms with van der Waals surface area (Å²) in [7, 11) is 0. The molecule has 0 radical (unpaired) electrons. The molecule has 1 aliphatic heterocycles. The Balaban J connectivity index is 1.58. The van der Waals surface area contributed by atoms with Crippen LogP contribution in [0.3, 0.4) is 0 Å². The minimum absolute atomic E-state index is 0.168. The highest BCUT2D eigenvalue weighted by atomic mass is 19.4. The molecule has 1 aliphatic rings. The topological polar surface area (TPSA) is 66.5 Å². The van der Waals surface area contributed by atoms with Crippen LogP contribution in [0.2, 0.25) is 0 Å². The van der Waals surface area contributed by atoms with Gasteiger partial charge < -0.3 is 15.4 Å². The number of nitrogens with one attached hydrogen (secondary N) is 2. The van der Waals surface area contributed by atoms with Crippen molar-refractivity contribution in [3.8, 4) is 11.6 Å². The number of carbonyl (C=O) groups is 1. The molecule has 1 aromatic heterocycles. The van der Waals surface area contributed by atoms with Crippen LogP contribution in [-0.4, -0.2) is 60.7 Å². The Bertz CT molecular complexity index is 763. The van der Waals surface area contributed by atoms with E-state index in [2.05, 4.69) is 15.6 Å². The second-order valence-electron chi connectivity index (χ2n) is 6.35. The fourth-order valence-corrected chi connectivity index (χ4v) is 2.92. The number of nitrogens with zero attached hydrogens (tertiary/aromatic N) is 2. The van der Waals surface area contributed by atoms with Gasteiger partial charge in [-0.2, -0.15) is 13.2 Å². The Hall–Kier alpha value is -2.65. The van der Waals surface area contributed by atoms with Crippen molar-refractivity contribution in [1.29, 1.82) is 0 Å². The van der Waals surface area contributed by atoms with Crippen LogP contribution < -0.4 is 15.4 Å². The van der Waals surface area contributed by atoms with Crippen molar-refractivity contribution in [2.75, 3.05) is 32.7 Å². The van der Waals surface area contributed by atoms with Crippen LogP contribution in [0, 0.1) is 0 Å². The van der Waals surface area contributed by atoms with E-state index in [0.29, 0.717) is 18.8 Å². The number of hydrogen-bond acceptors (Lipinski definition) is 5. The number of amides is 1. The quantitative estimate of drug-likeness (QED) is 0.788. The zero-order chi connectivity index (χ0) is 20.0. The van der Waals surface area contributed by atoms with E-state index in [-0.39, 0.29) is 24.5 Å². The number of pyridine rings is 1. The van der Waals surface area contributed by atoms with Gasteiger partial charge in [0.1, 0.15) is 11.8 Å². The number of alkyl halides is 3. The number of benzene rings is 1. The van der Waals surface area contributed by atoms with E-state index in [0.717, 1.165) is 0 Å². The second kappa shape index (κ2) is 9.03. The molecule has 0 bridgehead atoms. The smallest absolute Gasteiger partial charge is 0.405 e. The first-order valence-corrected chi connectivity index (χ1v) is 8.92. The lowest BCUT2D eigenvalue weighted by molar-refractivity contribution is -0.183. The third-order valence-corrected chi connectivity index (χ3v) is 4.39. The van der Waals surface area contributed by atoms with E-state index < -0.39 is 24.7 Å². The molecule has 1 atom stereocenters. The molecule has 6 nitrogen and oxygen atoms in total. The molecule has 1 aromatic carbocycles. The summed E-state index contributed by atoms with van der Waals surface area (Å²) in [6, 6.07) is 10.2. The zero-order valence-corrected chi connectivity index (χ0v) is 15.1. The van der Waals surface area contributed by atoms with Gasteiger partial charge in [-0.05, 0) is 18.2 Å². The molecule has 0 aliphatic carbocycles. The molecule has 28 heavy (non-hydrogen) atoms. The summed E-state index contributed by atoms with van der Waals surface area (Å²) in [5.74, 6) is 0.274. The second-order valence-corrected chi connectivity index (χ2v) is 6.35. The average molecular weight is 394 g/mol. The molecular formula is C19H21F3N4O2. The number of hydrogen-bond donors (Lipinski definition) is 2. The lowest BCUT2D eigenvalue weighted by Crippen LogP contribution is -2.57. The molecule has 2 N–H and O–H groups in total. The summed E-state index contributed by atoms with van der Waals surface area (Å²) in [4.78, 5) is 17.6. The fraction of sp³-hybridized carbons (Fsp3) is 0.368. The molecule has 1 fully saturated rings. The average Bonchev–Trinajstić information content (AvgIpc) is 2.69. The molecular weight excluding hydrogens is 373 g/mol. The highest BCUT2D eigenvalue weighted by Gasteiger charge is 2.43. The third-order valence-electron chi connectivity index (χ3n) is 4.39. The van der Waals surface area contributed by atoms with Gasteiger partial charge in [-0.15, -0.1) is 0 Å². The number of para-hydroxylation sites is 1. The summed E-state index contributed by atoms with van der Waals surface area (Å²) >= 11 is 0. The fourth-order valence-electron chi connectivity index (χ4n) is 2.92. The molecule has 3 rings (SSSR count). The molecule has 150 valence electrons. The van der Waals surface area contributed by atoms with E-state index >= 15 is 0 Å². The zero-order valence-electron chi connectivity index (χ0n) is 15.1. The van der Waals surface area contributed by atoms with E-state index in [1.54, 1.807) is 12.1 Å². The van der Waals surface area contributed by atoms with Gasteiger partial charge in [0.25, 0.3) is 5.91 Å². The monoisotopic (exact) mass is 394 g/mol. The largest absolute Gasteiger partial charge is 0.439 e. The Morgan fingerprint density at radius 3 is 2.50 bits per heavy atom. The van der Waals surface area contributed by atoms with E-state index in [1.807, 2.05) is 18.2 Å². The van der Waals surface area contributed by atoms with Crippen LogP contribution in [0.4, 0.5) is 13.2 Å². The van der Waals surface area contributed by atoms with Crippen LogP contribution >= 0.6 is 0 Å². The molecule has 1 unspecified atom stereocenters. The van der Waals surface area contributed by atoms with Gasteiger partial charge in [0.05, 0.1) is 5.56 Å². The maximum Gasteiger partial charge on any atom is 0.405 e. The minimum atomic E-state index is -4.42. The lowest BCUT2D eigenvalue weighted by atomic mass is 10.2. The lowest BCUT2D eigenvalue weighted by Gasteiger charge is -2.35. The molecule has 9 heteroatoms. The van der Waals surface area contributed by atoms with Gasteiger partial charge in [0.2, 0.25) is 5.88 Å². The SMILES string of the molecule is O=C(NCC(N1CCNCC1)C(F)(F)F)c1ccc(Oc2ccccc2)nc1. The van der Waals surface area contributed by atoms with E-state index in [1.165, 1.54) is 23.2 Å². The number of halogens is 3. The molecule has 1 saturated heterocycles. The minimum Gasteiger partial charge on any atom is -0.439 e. The van der Waals surface area contributed by atoms with Crippen LogP contribution in [0.25, 0.3) is 0 Å². The summed E-state index contributed by atoms with van der Waals surface area (Å²) in [5, 5.41) is 5.39. The van der Waals surface area contributed by atoms with Gasteiger partial charge in [0, 0.05) is 45.0 Å². The number of aromatic nitrogens is 1. The molecule has 1 amide bonds. The van der Waals surface area contributed by atoms with Crippen molar-refractivity contribution >= 4 is 5.91 Å². The van der Waals surface area contributed by atoms with Gasteiger partial charge in [-0.25, -0.2) is 4.98 Å². The summed E-state index contributed by atoms with van der Waals surface area (Å²) in [6.45, 7) is 1.05. The van der Waals surface area contributed by atoms with Crippen LogP contribution in [-0.2, 0) is 0 Å². The Morgan fingerprint density at radius 1 is 1.18 bits per heavy atom. The maximum absolute atomic E-state index is 13.4. The summed E-state index contributed by atoms with van der Waals surface area (Å²) < 4.78 is 45.7. The first kappa shape index (κ1) is 20.1. The number of ether oxygens (including phenoxy) is 1. The van der Waals surface area contributed by atoms with Gasteiger partial charge in [-0.1, -0.05) is 18.2 Å². The Morgan fingerprint density at radius 2 is 1.89 bits per heavy atom. The highest BCUT2D eigenvalue weighted by molar-refractivity contribution is 5.93. The molecule has 2 aromatic rings. The predicted octanol–water partition coefficient (Wildman–Crippen LogP) is 2.44. The van der Waals surface area contributed by atoms with Crippen molar-refractivity contribution < 1.29 is 22.7 Å². The van der Waals surface area contributed by atoms with Gasteiger partial charge in [0.15, 0.2) is 0 Å². The predicted molar refractivity (Wildman–Crippen MR) is 97.4 cm³/mol. The number of rotatable bonds is 6. The normalized spacial score (nSPS) is 16.4. The van der Waals surface area contributed by atoms with Crippen molar-refractivity contribution in [2.45, 2.75) is 12.2 Å². The highest BCUT2D eigenvalue weighted by Crippen LogP contribution is 2.25. The Labute approximate surface area is 160 Å². The number of carbonyl (C=O) groups excluding carboxylic acids is 1. The van der Waals surface area contributed by atoms with E-state index in [4.69, 9.17) is 4.74 Å². The third kappa shape index (κ3) is 5.43. The van der Waals surface area contributed by atoms with Gasteiger partial charge in [-0.3, -0.25) is 9.69 Å². The van der Waals surface area contributed by atoms with Crippen LogP contribution in [0.1, 0.15) is 10.4 Å². The summed E-state index contributed by atoms with van der Waals surface area (Å²) in [6.07, 6.45) is -3.14. The van der Waals surface area contributed by atoms with Crippen LogP contribution in [0.5, 0.6) is 11.6 Å². The van der Waals surface area contributed by atoms with Crippen molar-refractivity contribution in [1.82, 2.24) is 20.5 Å². The Kier molecular flexibility index (Phi) is 6.48. The van der Waals surface area contributed by atoms with Crippen molar-refractivity contribution in [2.24, 2.45) is 0 Å². The van der Waals surface area contributed by atoms with Crippen molar-refractivity contribution in [3.05, 3.63) is 54.2 Å². The van der Waals surface area contributed by atoms with Crippen LogP contribution in [0.15, 0.2) is 48.7 Å². The first-order valence-electron chi connectivity index (χ1n) is 8.92.